The molecule has 0 radical (unpaired) electrons. The molecule has 0 fully saturated rings. The third-order valence-corrected chi connectivity index (χ3v) is 4.72. The topological polar surface area (TPSA) is 12.0 Å². The first-order chi connectivity index (χ1) is 8.26. The molecule has 0 saturated heterocycles. The van der Waals surface area contributed by atoms with Gasteiger partial charge >= 0.3 is 0 Å². The zero-order valence-electron chi connectivity index (χ0n) is 10.9. The van der Waals surface area contributed by atoms with E-state index in [1.54, 1.807) is 0 Å². The van der Waals surface area contributed by atoms with Crippen LogP contribution in [-0.2, 0) is 0 Å². The molecule has 1 aromatic carbocycles. The molecule has 0 aliphatic carbocycles. The molecule has 2 aromatic rings. The summed E-state index contributed by atoms with van der Waals surface area (Å²) < 4.78 is 1.40. The molecule has 2 heteroatoms. The van der Waals surface area contributed by atoms with Gasteiger partial charge < -0.3 is 5.32 Å². The van der Waals surface area contributed by atoms with Gasteiger partial charge in [-0.25, -0.2) is 0 Å². The minimum Gasteiger partial charge on any atom is -0.314 e. The molecule has 0 bridgehead atoms. The molecule has 1 nitrogen and oxygen atoms in total. The smallest absolute Gasteiger partial charge is 0.0345 e. The lowest BCUT2D eigenvalue weighted by molar-refractivity contribution is 0.453. The van der Waals surface area contributed by atoms with Gasteiger partial charge in [-0.1, -0.05) is 39.0 Å². The van der Waals surface area contributed by atoms with Gasteiger partial charge in [0, 0.05) is 21.5 Å². The van der Waals surface area contributed by atoms with Crippen molar-refractivity contribution in [2.75, 3.05) is 6.54 Å². The molecule has 1 heterocycles. The molecule has 0 saturated carbocycles. The summed E-state index contributed by atoms with van der Waals surface area (Å²) in [7, 11) is 0. The molecule has 92 valence electrons. The van der Waals surface area contributed by atoms with Crippen molar-refractivity contribution in [2.45, 2.75) is 39.2 Å². The third-order valence-electron chi connectivity index (χ3n) is 3.40. The Bertz CT molecular complexity index is 441. The molecule has 1 N–H and O–H groups in total. The van der Waals surface area contributed by atoms with Crippen LogP contribution in [0, 0.1) is 0 Å². The van der Waals surface area contributed by atoms with Gasteiger partial charge in [0.25, 0.3) is 0 Å². The van der Waals surface area contributed by atoms with E-state index in [-0.39, 0.29) is 0 Å². The Hall–Kier alpha value is -0.860. The van der Waals surface area contributed by atoms with Crippen LogP contribution in [0.1, 0.15) is 38.0 Å². The monoisotopic (exact) mass is 247 g/mol. The zero-order valence-corrected chi connectivity index (χ0v) is 11.7. The van der Waals surface area contributed by atoms with E-state index in [0.29, 0.717) is 12.0 Å². The highest BCUT2D eigenvalue weighted by atomic mass is 32.1. The van der Waals surface area contributed by atoms with Crippen LogP contribution in [0.3, 0.4) is 0 Å². The summed E-state index contributed by atoms with van der Waals surface area (Å²) in [4.78, 5) is 1.50. The van der Waals surface area contributed by atoms with Gasteiger partial charge in [0.1, 0.15) is 0 Å². The van der Waals surface area contributed by atoms with Gasteiger partial charge in [-0.3, -0.25) is 0 Å². The molecule has 0 aliphatic heterocycles. The number of hydrogen-bond donors (Lipinski definition) is 1. The van der Waals surface area contributed by atoms with Crippen molar-refractivity contribution in [3.05, 3.63) is 35.2 Å². The molecule has 0 spiro atoms. The lowest BCUT2D eigenvalue weighted by Gasteiger charge is -2.22. The van der Waals surface area contributed by atoms with Crippen LogP contribution in [0.2, 0.25) is 0 Å². The quantitative estimate of drug-likeness (QED) is 0.826. The average molecular weight is 247 g/mol. The fraction of sp³-hybridized carbons (Fsp3) is 0.467. The maximum atomic E-state index is 3.58. The summed E-state index contributed by atoms with van der Waals surface area (Å²) in [6, 6.07) is 11.6. The first-order valence-corrected chi connectivity index (χ1v) is 7.29. The van der Waals surface area contributed by atoms with E-state index in [4.69, 9.17) is 0 Å². The van der Waals surface area contributed by atoms with Crippen LogP contribution in [0.5, 0.6) is 0 Å². The SMILES string of the molecule is CCNC(CC)C(C)c1cc2ccccc2s1. The maximum absolute atomic E-state index is 3.58. The lowest BCUT2D eigenvalue weighted by Crippen LogP contribution is -2.32. The summed E-state index contributed by atoms with van der Waals surface area (Å²) in [5.74, 6) is 0.595. The van der Waals surface area contributed by atoms with E-state index in [1.165, 1.54) is 21.4 Å². The number of thiophene rings is 1. The first-order valence-electron chi connectivity index (χ1n) is 6.48. The highest BCUT2D eigenvalue weighted by molar-refractivity contribution is 7.19. The summed E-state index contributed by atoms with van der Waals surface area (Å²) in [6.07, 6.45) is 1.18. The van der Waals surface area contributed by atoms with Crippen molar-refractivity contribution in [3.8, 4) is 0 Å². The van der Waals surface area contributed by atoms with Crippen LogP contribution in [0.15, 0.2) is 30.3 Å². The Kier molecular flexibility index (Phi) is 4.19. The second-order valence-electron chi connectivity index (χ2n) is 4.55. The van der Waals surface area contributed by atoms with Crippen LogP contribution >= 0.6 is 11.3 Å². The zero-order chi connectivity index (χ0) is 12.3. The van der Waals surface area contributed by atoms with Crippen molar-refractivity contribution in [3.63, 3.8) is 0 Å². The van der Waals surface area contributed by atoms with Gasteiger partial charge in [0.05, 0.1) is 0 Å². The van der Waals surface area contributed by atoms with Crippen LogP contribution in [-0.4, -0.2) is 12.6 Å². The Balaban J connectivity index is 2.25. The predicted octanol–water partition coefficient (Wildman–Crippen LogP) is 4.39. The van der Waals surface area contributed by atoms with E-state index in [0.717, 1.165) is 6.54 Å². The minimum atomic E-state index is 0.591. The summed E-state index contributed by atoms with van der Waals surface area (Å²) in [6.45, 7) is 7.83. The van der Waals surface area contributed by atoms with Crippen molar-refractivity contribution in [1.82, 2.24) is 5.32 Å². The number of nitrogens with one attached hydrogen (secondary N) is 1. The number of fused-ring (bicyclic) bond motifs is 1. The highest BCUT2D eigenvalue weighted by Crippen LogP contribution is 2.32. The molecule has 0 aliphatic rings. The van der Waals surface area contributed by atoms with E-state index in [2.05, 4.69) is 56.4 Å². The Morgan fingerprint density at radius 2 is 2.00 bits per heavy atom. The standard InChI is InChI=1S/C15H21NS/c1-4-13(16-5-2)11(3)15-10-12-8-6-7-9-14(12)17-15/h6-11,13,16H,4-5H2,1-3H3. The molecule has 2 atom stereocenters. The molecular formula is C15H21NS. The van der Waals surface area contributed by atoms with E-state index < -0.39 is 0 Å². The summed E-state index contributed by atoms with van der Waals surface area (Å²) >= 11 is 1.93. The second kappa shape index (κ2) is 5.65. The largest absolute Gasteiger partial charge is 0.314 e. The highest BCUT2D eigenvalue weighted by Gasteiger charge is 2.18. The number of rotatable bonds is 5. The maximum Gasteiger partial charge on any atom is 0.0345 e. The van der Waals surface area contributed by atoms with Crippen molar-refractivity contribution < 1.29 is 0 Å². The number of benzene rings is 1. The first kappa shape index (κ1) is 12.6. The normalized spacial score (nSPS) is 15.0. The van der Waals surface area contributed by atoms with Crippen molar-refractivity contribution in [2.24, 2.45) is 0 Å². The second-order valence-corrected chi connectivity index (χ2v) is 5.66. The number of likely N-dealkylation sites (N-methyl/N-ethyl adjacent to an activating group) is 1. The molecule has 17 heavy (non-hydrogen) atoms. The molecular weight excluding hydrogens is 226 g/mol. The van der Waals surface area contributed by atoms with Crippen LogP contribution < -0.4 is 5.32 Å². The Labute approximate surface area is 108 Å². The van der Waals surface area contributed by atoms with Crippen LogP contribution in [0.4, 0.5) is 0 Å². The Morgan fingerprint density at radius 3 is 2.65 bits per heavy atom. The minimum absolute atomic E-state index is 0.591. The van der Waals surface area contributed by atoms with Gasteiger partial charge in [0.15, 0.2) is 0 Å². The van der Waals surface area contributed by atoms with Gasteiger partial charge in [0.2, 0.25) is 0 Å². The third kappa shape index (κ3) is 2.70. The predicted molar refractivity (Wildman–Crippen MR) is 78.0 cm³/mol. The van der Waals surface area contributed by atoms with Gasteiger partial charge in [-0.2, -0.15) is 0 Å². The molecule has 1 aromatic heterocycles. The van der Waals surface area contributed by atoms with Crippen molar-refractivity contribution in [1.29, 1.82) is 0 Å². The Morgan fingerprint density at radius 1 is 1.24 bits per heavy atom. The fourth-order valence-electron chi connectivity index (χ4n) is 2.36. The van der Waals surface area contributed by atoms with Crippen molar-refractivity contribution >= 4 is 21.4 Å². The molecule has 2 unspecified atom stereocenters. The van der Waals surface area contributed by atoms with E-state index >= 15 is 0 Å². The average Bonchev–Trinajstić information content (AvgIpc) is 2.78. The molecule has 0 amide bonds. The van der Waals surface area contributed by atoms with E-state index in [1.807, 2.05) is 11.3 Å². The lowest BCUT2D eigenvalue weighted by atomic mass is 9.97. The fourth-order valence-corrected chi connectivity index (χ4v) is 3.54. The number of hydrogen-bond acceptors (Lipinski definition) is 2. The van der Waals surface area contributed by atoms with E-state index in [9.17, 15) is 0 Å². The molecule has 2 rings (SSSR count). The van der Waals surface area contributed by atoms with Gasteiger partial charge in [-0.15, -0.1) is 11.3 Å². The summed E-state index contributed by atoms with van der Waals surface area (Å²) in [5, 5.41) is 4.96. The summed E-state index contributed by atoms with van der Waals surface area (Å²) in [5.41, 5.74) is 0. The van der Waals surface area contributed by atoms with Gasteiger partial charge in [-0.05, 0) is 30.5 Å². The van der Waals surface area contributed by atoms with Crippen LogP contribution in [0.25, 0.3) is 10.1 Å².